The van der Waals surface area contributed by atoms with Crippen molar-refractivity contribution in [2.24, 2.45) is 0 Å². The van der Waals surface area contributed by atoms with Gasteiger partial charge in [0.05, 0.1) is 19.4 Å². The molecule has 180 valence electrons. The van der Waals surface area contributed by atoms with Crippen LogP contribution in [0.5, 0.6) is 0 Å². The normalized spacial score (nSPS) is 11.6. The Labute approximate surface area is 199 Å². The van der Waals surface area contributed by atoms with E-state index in [1.807, 2.05) is 0 Å². The van der Waals surface area contributed by atoms with Crippen LogP contribution in [0.2, 0.25) is 0 Å². The number of amides is 3. The first-order chi connectivity index (χ1) is 16.5. The maximum atomic E-state index is 13.6. The lowest BCUT2D eigenvalue weighted by atomic mass is 10.0. The van der Waals surface area contributed by atoms with Gasteiger partial charge in [-0.25, -0.2) is 9.37 Å². The van der Waals surface area contributed by atoms with Crippen LogP contribution in [0.25, 0.3) is 0 Å². The number of carbonyl (C=O) groups is 3. The lowest BCUT2D eigenvalue weighted by molar-refractivity contribution is -0.142. The minimum Gasteiger partial charge on any atom is -0.467 e. The number of ether oxygens (including phenoxy) is 1. The number of carbonyl (C=O) groups excluding carboxylic acids is 3. The third-order valence-corrected chi connectivity index (χ3v) is 5.51. The number of hydrogen-bond acceptors (Lipinski definition) is 7. The van der Waals surface area contributed by atoms with Gasteiger partial charge in [0.1, 0.15) is 17.6 Å². The summed E-state index contributed by atoms with van der Waals surface area (Å²) < 4.78 is 24.0. The van der Waals surface area contributed by atoms with Crippen LogP contribution in [-0.4, -0.2) is 47.9 Å². The molecule has 2 N–H and O–H groups in total. The zero-order chi connectivity index (χ0) is 24.3. The minimum atomic E-state index is -1.07. The maximum absolute atomic E-state index is 13.6. The van der Waals surface area contributed by atoms with E-state index in [1.54, 1.807) is 23.7 Å². The van der Waals surface area contributed by atoms with Gasteiger partial charge >= 0.3 is 0 Å². The number of halogens is 1. The fourth-order valence-electron chi connectivity index (χ4n) is 3.22. The van der Waals surface area contributed by atoms with Crippen LogP contribution in [-0.2, 0) is 25.7 Å². The topological polar surface area (TPSA) is 114 Å². The molecule has 11 heteroatoms. The fraction of sp³-hybridized carbons (Fsp3) is 0.304. The maximum Gasteiger partial charge on any atom is 0.247 e. The van der Waals surface area contributed by atoms with Crippen molar-refractivity contribution in [3.05, 3.63) is 71.4 Å². The van der Waals surface area contributed by atoms with Crippen molar-refractivity contribution in [1.29, 1.82) is 0 Å². The van der Waals surface area contributed by atoms with Gasteiger partial charge in [0.15, 0.2) is 5.13 Å². The highest BCUT2D eigenvalue weighted by Crippen LogP contribution is 2.25. The number of thiazole rings is 1. The molecule has 3 aromatic rings. The van der Waals surface area contributed by atoms with Gasteiger partial charge < -0.3 is 24.7 Å². The average Bonchev–Trinajstić information content (AvgIpc) is 3.53. The van der Waals surface area contributed by atoms with Gasteiger partial charge in [-0.05, 0) is 29.8 Å². The van der Waals surface area contributed by atoms with Crippen molar-refractivity contribution < 1.29 is 27.9 Å². The Bertz CT molecular complexity index is 1060. The molecule has 3 rings (SSSR count). The Hall–Kier alpha value is -3.57. The smallest absolute Gasteiger partial charge is 0.247 e. The Balaban J connectivity index is 1.82. The van der Waals surface area contributed by atoms with Crippen molar-refractivity contribution in [2.45, 2.75) is 25.4 Å². The molecule has 0 aliphatic rings. The van der Waals surface area contributed by atoms with Gasteiger partial charge in [-0.1, -0.05) is 12.1 Å². The van der Waals surface area contributed by atoms with Crippen LogP contribution in [0.1, 0.15) is 30.2 Å². The predicted molar refractivity (Wildman–Crippen MR) is 123 cm³/mol. The molecular weight excluding hydrogens is 463 g/mol. The highest BCUT2D eigenvalue weighted by molar-refractivity contribution is 7.13. The standard InChI is InChI=1S/C23H25FN4O5S/c1-32-13-10-25-22(31)21(16-4-6-17(24)7-5-16)28(15-18-3-2-12-33-18)20(30)9-8-19(29)27-23-26-11-14-34-23/h2-7,11-12,14,21H,8-10,13,15H2,1H3,(H,25,31)(H,26,27,29)/t21-/m1/s1. The number of methoxy groups -OCH3 is 1. The van der Waals surface area contributed by atoms with Crippen molar-refractivity contribution >= 4 is 34.2 Å². The van der Waals surface area contributed by atoms with Crippen LogP contribution in [0.4, 0.5) is 9.52 Å². The minimum absolute atomic E-state index is 0.0142. The highest BCUT2D eigenvalue weighted by atomic mass is 32.1. The van der Waals surface area contributed by atoms with Crippen LogP contribution in [0, 0.1) is 5.82 Å². The molecule has 0 radical (unpaired) electrons. The van der Waals surface area contributed by atoms with Crippen LogP contribution in [0.15, 0.2) is 58.7 Å². The summed E-state index contributed by atoms with van der Waals surface area (Å²) in [7, 11) is 1.51. The van der Waals surface area contributed by atoms with E-state index >= 15 is 0 Å². The molecule has 0 bridgehead atoms. The molecule has 1 atom stereocenters. The van der Waals surface area contributed by atoms with Gasteiger partial charge in [-0.15, -0.1) is 11.3 Å². The summed E-state index contributed by atoms with van der Waals surface area (Å²) in [4.78, 5) is 44.0. The first-order valence-corrected chi connectivity index (χ1v) is 11.4. The SMILES string of the molecule is COCCNC(=O)[C@@H](c1ccc(F)cc1)N(Cc1ccco1)C(=O)CCC(=O)Nc1nccs1. The highest BCUT2D eigenvalue weighted by Gasteiger charge is 2.32. The molecule has 0 saturated heterocycles. The van der Waals surface area contributed by atoms with E-state index in [0.717, 1.165) is 0 Å². The Kier molecular flexibility index (Phi) is 9.30. The lowest BCUT2D eigenvalue weighted by Crippen LogP contribution is -2.44. The number of nitrogens with zero attached hydrogens (tertiary/aromatic N) is 2. The molecule has 9 nitrogen and oxygen atoms in total. The molecule has 0 spiro atoms. The monoisotopic (exact) mass is 488 g/mol. The van der Waals surface area contributed by atoms with Crippen LogP contribution in [0.3, 0.4) is 0 Å². The van der Waals surface area contributed by atoms with Gasteiger partial charge in [-0.2, -0.15) is 0 Å². The molecular formula is C23H25FN4O5S. The van der Waals surface area contributed by atoms with Gasteiger partial charge in [0.25, 0.3) is 0 Å². The quantitative estimate of drug-likeness (QED) is 0.379. The largest absolute Gasteiger partial charge is 0.467 e. The summed E-state index contributed by atoms with van der Waals surface area (Å²) in [5, 5.41) is 7.53. The molecule has 0 unspecified atom stereocenters. The van der Waals surface area contributed by atoms with Gasteiger partial charge in [-0.3, -0.25) is 14.4 Å². The van der Waals surface area contributed by atoms with Gasteiger partial charge in [0, 0.05) is 38.1 Å². The van der Waals surface area contributed by atoms with Crippen molar-refractivity contribution in [3.8, 4) is 0 Å². The van der Waals surface area contributed by atoms with Crippen LogP contribution < -0.4 is 10.6 Å². The summed E-state index contributed by atoms with van der Waals surface area (Å²) in [6.07, 6.45) is 2.77. The molecule has 1 aromatic carbocycles. The van der Waals surface area contributed by atoms with E-state index in [1.165, 1.54) is 53.9 Å². The van der Waals surface area contributed by atoms with E-state index in [-0.39, 0.29) is 38.4 Å². The summed E-state index contributed by atoms with van der Waals surface area (Å²) in [5.41, 5.74) is 0.420. The number of hydrogen-bond donors (Lipinski definition) is 2. The average molecular weight is 489 g/mol. The first kappa shape index (κ1) is 25.1. The summed E-state index contributed by atoms with van der Waals surface area (Å²) in [6.45, 7) is 0.497. The van der Waals surface area contributed by atoms with E-state index < -0.39 is 23.7 Å². The second-order valence-corrected chi connectivity index (χ2v) is 8.12. The number of furan rings is 1. The van der Waals surface area contributed by atoms with Gasteiger partial charge in [0.2, 0.25) is 17.7 Å². The Morgan fingerprint density at radius 2 is 2.00 bits per heavy atom. The Morgan fingerprint density at radius 1 is 1.21 bits per heavy atom. The molecule has 2 heterocycles. The lowest BCUT2D eigenvalue weighted by Gasteiger charge is -2.31. The number of nitrogens with one attached hydrogen (secondary N) is 2. The molecule has 0 aliphatic carbocycles. The fourth-order valence-corrected chi connectivity index (χ4v) is 3.76. The number of rotatable bonds is 12. The zero-order valence-corrected chi connectivity index (χ0v) is 19.3. The molecule has 0 fully saturated rings. The molecule has 2 aromatic heterocycles. The van der Waals surface area contributed by atoms with E-state index in [4.69, 9.17) is 9.15 Å². The third kappa shape index (κ3) is 7.22. The second-order valence-electron chi connectivity index (χ2n) is 7.22. The molecule has 3 amide bonds. The second kappa shape index (κ2) is 12.6. The third-order valence-electron chi connectivity index (χ3n) is 4.82. The summed E-state index contributed by atoms with van der Waals surface area (Å²) in [6, 6.07) is 7.63. The van der Waals surface area contributed by atoms with Crippen molar-refractivity contribution in [3.63, 3.8) is 0 Å². The number of benzene rings is 1. The van der Waals surface area contributed by atoms with Crippen molar-refractivity contribution in [1.82, 2.24) is 15.2 Å². The number of anilines is 1. The molecule has 0 saturated carbocycles. The molecule has 0 aliphatic heterocycles. The summed E-state index contributed by atoms with van der Waals surface area (Å²) >= 11 is 1.27. The van der Waals surface area contributed by atoms with Crippen molar-refractivity contribution in [2.75, 3.05) is 25.6 Å². The van der Waals surface area contributed by atoms with E-state index in [9.17, 15) is 18.8 Å². The predicted octanol–water partition coefficient (Wildman–Crippen LogP) is 3.13. The first-order valence-electron chi connectivity index (χ1n) is 10.5. The number of aromatic nitrogens is 1. The van der Waals surface area contributed by atoms with Crippen LogP contribution >= 0.6 is 11.3 Å². The zero-order valence-electron chi connectivity index (χ0n) is 18.5. The Morgan fingerprint density at radius 3 is 2.65 bits per heavy atom. The van der Waals surface area contributed by atoms with E-state index in [2.05, 4.69) is 15.6 Å². The molecule has 34 heavy (non-hydrogen) atoms. The summed E-state index contributed by atoms with van der Waals surface area (Å²) in [5.74, 6) is -1.29. The van der Waals surface area contributed by atoms with E-state index in [0.29, 0.717) is 16.5 Å².